The van der Waals surface area contributed by atoms with Crippen molar-refractivity contribution in [2.45, 2.75) is 40.0 Å². The van der Waals surface area contributed by atoms with Crippen LogP contribution < -0.4 is 15.3 Å². The Hall–Kier alpha value is -12.4. The summed E-state index contributed by atoms with van der Waals surface area (Å²) in [6.07, 6.45) is 5.40. The second-order valence-corrected chi connectivity index (χ2v) is 27.3. The molecule has 0 aliphatic rings. The molecule has 0 bridgehead atoms. The van der Waals surface area contributed by atoms with E-state index >= 15 is 0 Å². The summed E-state index contributed by atoms with van der Waals surface area (Å²) >= 11 is 0. The van der Waals surface area contributed by atoms with Gasteiger partial charge >= 0.3 is 0 Å². The number of fused-ring (bicyclic) bond motifs is 3. The smallest absolute Gasteiger partial charge is 0.136 e. The van der Waals surface area contributed by atoms with Crippen LogP contribution in [0.3, 0.4) is 0 Å². The normalized spacial score (nSPS) is 10.4. The summed E-state index contributed by atoms with van der Waals surface area (Å²) in [4.78, 5) is 12.8. The zero-order chi connectivity index (χ0) is 76.7. The molecule has 0 N–H and O–H groups in total. The van der Waals surface area contributed by atoms with E-state index < -0.39 is 0 Å². The summed E-state index contributed by atoms with van der Waals surface area (Å²) in [5, 5.41) is 27.9. The first kappa shape index (κ1) is 83.5. The van der Waals surface area contributed by atoms with Gasteiger partial charge in [-0.1, -0.05) is 223 Å². The molecule has 0 aliphatic carbocycles. The van der Waals surface area contributed by atoms with Gasteiger partial charge in [0.1, 0.15) is 11.2 Å². The molecule has 0 saturated carbocycles. The maximum atomic E-state index is 5.95. The Morgan fingerprint density at radius 3 is 1.09 bits per heavy atom. The zero-order valence-corrected chi connectivity index (χ0v) is 70.4. The van der Waals surface area contributed by atoms with Gasteiger partial charge in [0, 0.05) is 115 Å². The standard InChI is InChI=1S/C21H12N2O.2C21H14N2.C15H16N.C13H12N.C11H8N.3Pt/c1-2-6-14(7-3-1)18-13-19(23-22-18)15-10-11-17-16-8-4-5-9-20(16)24-21(17)12-15;2*1-3-7-16(8-4-1)17-11-13-19(14-12-17)21-15-20(22-23-21)18-9-5-2-6-10-18;1-15(2,3)13-9-7-12(8-10-13)14-6-4-5-11-16-14;1-10-6-7-12(11(2)9-10)13-5-3-4-8-14-13;1-2-6-10(7-3-1)11-8-4-5-9-12-11;;;/h1-6,8-13H;2*1-9,11-15H;4-7,9-11H,1-3H3;3-6,8-9H,1-2H3;1-6,8-9H;;;/q3*-2;3*-1;;;. The fourth-order valence-corrected chi connectivity index (χ4v) is 12.4. The van der Waals surface area contributed by atoms with E-state index in [0.717, 1.165) is 123 Å². The molecule has 0 unspecified atom stereocenters. The maximum Gasteiger partial charge on any atom is 0.136 e. The number of furan rings is 1. The van der Waals surface area contributed by atoms with Crippen LogP contribution in [0.1, 0.15) is 37.5 Å². The van der Waals surface area contributed by atoms with E-state index in [1.54, 1.807) is 12.4 Å². The van der Waals surface area contributed by atoms with Gasteiger partial charge in [-0.05, 0) is 92.3 Å². The van der Waals surface area contributed by atoms with Crippen LogP contribution in [-0.2, 0) is 68.6 Å². The average molecular weight is 2030 g/mol. The van der Waals surface area contributed by atoms with Crippen molar-refractivity contribution in [3.05, 3.63) is 424 Å². The van der Waals surface area contributed by atoms with E-state index in [1.807, 2.05) is 219 Å². The number of benzene rings is 12. The number of hydrogen-bond donors (Lipinski definition) is 0. The number of rotatable bonds is 11. The SMILES string of the molecule is CC(C)(C)c1c[c-]c(-c2ccccn2)cc1.Cc1c[c-]c(-c2ccccn2)c(C)c1.[Pt].[Pt].[Pt].[c-]1ccccc1-c1cc(-c2ccc(-c3ccccc3)cc2)n[n-]1.[c-]1ccccc1-c1cc(-c2ccc(-c3ccccc3)cc2)n[n-]1.[c-]1ccccc1-c1cc(-c2ccc3c(c2)oc2ccccc23)n[n-]1.[c-]1ccccc1-c1ccccn1. The Balaban J connectivity index is 0.000000137. The Morgan fingerprint density at radius 2 is 0.670 bits per heavy atom. The van der Waals surface area contributed by atoms with Crippen molar-refractivity contribution >= 4 is 21.9 Å². The van der Waals surface area contributed by atoms with Crippen molar-refractivity contribution in [1.82, 2.24) is 45.5 Å². The predicted octanol–water partition coefficient (Wildman–Crippen LogP) is 24.3. The molecule has 0 spiro atoms. The fraction of sp³-hybridized carbons (Fsp3) is 0.0588. The zero-order valence-electron chi connectivity index (χ0n) is 63.6. The first-order chi connectivity index (χ1) is 55.0. The van der Waals surface area contributed by atoms with Gasteiger partial charge < -0.3 is 50.0 Å². The number of aryl methyl sites for hydroxylation is 2. The van der Waals surface area contributed by atoms with Gasteiger partial charge in [-0.2, -0.15) is 16.7 Å². The van der Waals surface area contributed by atoms with Crippen LogP contribution in [0, 0.1) is 50.2 Å². The van der Waals surface area contributed by atoms with Crippen LogP contribution in [0.4, 0.5) is 0 Å². The minimum absolute atomic E-state index is 0. The van der Waals surface area contributed by atoms with Crippen LogP contribution >= 0.6 is 0 Å². The molecular formula is C102H76N9OPt3-9. The van der Waals surface area contributed by atoms with E-state index in [0.29, 0.717) is 0 Å². The van der Waals surface area contributed by atoms with Crippen LogP contribution in [-0.4, -0.2) is 30.2 Å². The molecule has 19 aromatic rings. The largest absolute Gasteiger partial charge is 0.618 e. The molecule has 0 fully saturated rings. The van der Waals surface area contributed by atoms with Crippen molar-refractivity contribution in [2.24, 2.45) is 0 Å². The van der Waals surface area contributed by atoms with Gasteiger partial charge in [-0.15, -0.1) is 197 Å². The van der Waals surface area contributed by atoms with Crippen molar-refractivity contribution < 1.29 is 67.6 Å². The molecule has 12 aromatic carbocycles. The summed E-state index contributed by atoms with van der Waals surface area (Å²) in [6.45, 7) is 10.8. The molecule has 7 aromatic heterocycles. The van der Waals surface area contributed by atoms with Gasteiger partial charge in [-0.25, -0.2) is 17.1 Å². The van der Waals surface area contributed by atoms with E-state index in [2.05, 4.69) is 256 Å². The van der Waals surface area contributed by atoms with Gasteiger partial charge in [0.25, 0.3) is 0 Å². The van der Waals surface area contributed by atoms with E-state index in [9.17, 15) is 0 Å². The third kappa shape index (κ3) is 22.5. The average Bonchev–Trinajstić information content (AvgIpc) is 1.63. The Morgan fingerprint density at radius 1 is 0.287 bits per heavy atom. The molecule has 10 nitrogen and oxygen atoms in total. The summed E-state index contributed by atoms with van der Waals surface area (Å²) in [5.41, 5.74) is 27.8. The molecule has 0 amide bonds. The second kappa shape index (κ2) is 41.4. The number of aromatic nitrogens is 9. The van der Waals surface area contributed by atoms with Crippen LogP contribution in [0.25, 0.3) is 146 Å². The molecule has 0 radical (unpaired) electrons. The molecule has 0 aliphatic heterocycles. The predicted molar refractivity (Wildman–Crippen MR) is 454 cm³/mol. The van der Waals surface area contributed by atoms with E-state index in [-0.39, 0.29) is 68.6 Å². The van der Waals surface area contributed by atoms with E-state index in [4.69, 9.17) is 4.42 Å². The summed E-state index contributed by atoms with van der Waals surface area (Å²) < 4.78 is 5.95. The van der Waals surface area contributed by atoms with E-state index in [1.165, 1.54) is 38.9 Å². The number of nitrogens with zero attached hydrogens (tertiary/aromatic N) is 9. The van der Waals surface area contributed by atoms with Gasteiger partial charge in [0.2, 0.25) is 0 Å². The minimum Gasteiger partial charge on any atom is -0.618 e. The number of hydrogen-bond acceptors (Lipinski definition) is 7. The summed E-state index contributed by atoms with van der Waals surface area (Å²) in [7, 11) is 0. The Bertz CT molecular complexity index is 5880. The van der Waals surface area contributed by atoms with Crippen LogP contribution in [0.15, 0.2) is 375 Å². The molecule has 7 heterocycles. The quantitative estimate of drug-likeness (QED) is 0.115. The number of pyridine rings is 3. The van der Waals surface area contributed by atoms with Crippen molar-refractivity contribution in [3.8, 4) is 124 Å². The molecule has 0 saturated heterocycles. The fourth-order valence-electron chi connectivity index (χ4n) is 12.4. The first-order valence-corrected chi connectivity index (χ1v) is 36.9. The summed E-state index contributed by atoms with van der Waals surface area (Å²) in [6, 6.07) is 136. The minimum atomic E-state index is 0. The van der Waals surface area contributed by atoms with Gasteiger partial charge in [0.15, 0.2) is 0 Å². The third-order valence-electron chi connectivity index (χ3n) is 18.3. The molecule has 115 heavy (non-hydrogen) atoms. The molecule has 0 atom stereocenters. The molecule has 19 rings (SSSR count). The third-order valence-corrected chi connectivity index (χ3v) is 18.3. The second-order valence-electron chi connectivity index (χ2n) is 27.3. The molecular weight excluding hydrogens is 1950 g/mol. The van der Waals surface area contributed by atoms with Crippen molar-refractivity contribution in [1.29, 1.82) is 0 Å². The van der Waals surface area contributed by atoms with Gasteiger partial charge in [-0.3, -0.25) is 0 Å². The van der Waals surface area contributed by atoms with Crippen LogP contribution in [0.5, 0.6) is 0 Å². The molecule has 13 heteroatoms. The summed E-state index contributed by atoms with van der Waals surface area (Å²) in [5.74, 6) is 0. The van der Waals surface area contributed by atoms with Crippen molar-refractivity contribution in [3.63, 3.8) is 0 Å². The first-order valence-electron chi connectivity index (χ1n) is 36.9. The van der Waals surface area contributed by atoms with Crippen LogP contribution in [0.2, 0.25) is 0 Å². The topological polar surface area (TPSA) is 133 Å². The Kier molecular flexibility index (Phi) is 30.1. The van der Waals surface area contributed by atoms with Crippen molar-refractivity contribution in [2.75, 3.05) is 0 Å². The number of para-hydroxylation sites is 1. The molecule has 574 valence electrons. The monoisotopic (exact) mass is 2030 g/mol. The Labute approximate surface area is 716 Å². The maximum absolute atomic E-state index is 5.95. The van der Waals surface area contributed by atoms with Gasteiger partial charge in [0.05, 0.1) is 0 Å².